The van der Waals surface area contributed by atoms with Gasteiger partial charge in [0.2, 0.25) is 0 Å². The highest BCUT2D eigenvalue weighted by atomic mass is 16.5. The highest BCUT2D eigenvalue weighted by Gasteiger charge is 2.24. The van der Waals surface area contributed by atoms with E-state index in [0.29, 0.717) is 12.1 Å². The number of likely N-dealkylation sites (N-methyl/N-ethyl adjacent to an activating group) is 1. The largest absolute Gasteiger partial charge is 0.379 e. The summed E-state index contributed by atoms with van der Waals surface area (Å²) in [4.78, 5) is 0. The maximum Gasteiger partial charge on any atom is 0.0729 e. The van der Waals surface area contributed by atoms with Gasteiger partial charge in [-0.15, -0.1) is 0 Å². The Morgan fingerprint density at radius 3 is 2.65 bits per heavy atom. The Hall–Kier alpha value is -0.120. The second-order valence-corrected chi connectivity index (χ2v) is 4.82. The van der Waals surface area contributed by atoms with Crippen LogP contribution >= 0.6 is 0 Å². The molecule has 1 aliphatic rings. The molecular weight excluding hydrogens is 214 g/mol. The molecule has 17 heavy (non-hydrogen) atoms. The zero-order valence-electron chi connectivity index (χ0n) is 11.5. The van der Waals surface area contributed by atoms with E-state index in [1.807, 2.05) is 0 Å². The topological polar surface area (TPSA) is 30.5 Å². The van der Waals surface area contributed by atoms with Gasteiger partial charge in [-0.1, -0.05) is 33.1 Å². The molecule has 2 unspecified atom stereocenters. The average Bonchev–Trinajstić information content (AvgIpc) is 2.36. The molecule has 3 nitrogen and oxygen atoms in total. The normalized spacial score (nSPS) is 25.1. The monoisotopic (exact) mass is 243 g/mol. The van der Waals surface area contributed by atoms with Gasteiger partial charge in [0.05, 0.1) is 19.3 Å². The number of rotatable bonds is 9. The summed E-state index contributed by atoms with van der Waals surface area (Å²) in [5.41, 5.74) is 0. The Labute approximate surface area is 106 Å². The summed E-state index contributed by atoms with van der Waals surface area (Å²) >= 11 is 0. The molecule has 1 saturated carbocycles. The van der Waals surface area contributed by atoms with E-state index in [0.717, 1.165) is 32.8 Å². The minimum absolute atomic E-state index is 0.401. The highest BCUT2D eigenvalue weighted by Crippen LogP contribution is 2.21. The third-order valence-electron chi connectivity index (χ3n) is 3.37. The fourth-order valence-electron chi connectivity index (χ4n) is 2.40. The fraction of sp³-hybridized carbons (Fsp3) is 1.00. The van der Waals surface area contributed by atoms with Crippen molar-refractivity contribution in [3.05, 3.63) is 0 Å². The first-order chi connectivity index (χ1) is 8.38. The molecule has 0 bridgehead atoms. The van der Waals surface area contributed by atoms with Crippen molar-refractivity contribution in [2.24, 2.45) is 0 Å². The maximum absolute atomic E-state index is 5.94. The third kappa shape index (κ3) is 6.39. The number of nitrogens with one attached hydrogen (secondary N) is 1. The van der Waals surface area contributed by atoms with Crippen molar-refractivity contribution in [3.63, 3.8) is 0 Å². The lowest BCUT2D eigenvalue weighted by Crippen LogP contribution is -2.43. The molecule has 0 radical (unpaired) electrons. The summed E-state index contributed by atoms with van der Waals surface area (Å²) < 4.78 is 11.5. The molecule has 0 aromatic rings. The van der Waals surface area contributed by atoms with Crippen LogP contribution in [0, 0.1) is 0 Å². The molecule has 1 fully saturated rings. The average molecular weight is 243 g/mol. The summed E-state index contributed by atoms with van der Waals surface area (Å²) in [7, 11) is 0. The molecule has 0 aromatic carbocycles. The van der Waals surface area contributed by atoms with Crippen LogP contribution in [0.4, 0.5) is 0 Å². The van der Waals surface area contributed by atoms with Gasteiger partial charge in [-0.05, 0) is 25.8 Å². The molecule has 0 aliphatic heterocycles. The van der Waals surface area contributed by atoms with Gasteiger partial charge in [0.25, 0.3) is 0 Å². The minimum Gasteiger partial charge on any atom is -0.379 e. The molecule has 102 valence electrons. The van der Waals surface area contributed by atoms with Crippen LogP contribution in [0.5, 0.6) is 0 Å². The maximum atomic E-state index is 5.94. The Kier molecular flexibility index (Phi) is 8.67. The van der Waals surface area contributed by atoms with Crippen LogP contribution in [0.1, 0.15) is 52.4 Å². The van der Waals surface area contributed by atoms with Crippen molar-refractivity contribution in [2.45, 2.75) is 64.5 Å². The first-order valence-corrected chi connectivity index (χ1v) is 7.31. The highest BCUT2D eigenvalue weighted by molar-refractivity contribution is 4.81. The van der Waals surface area contributed by atoms with Gasteiger partial charge in [0.1, 0.15) is 0 Å². The molecule has 0 aromatic heterocycles. The van der Waals surface area contributed by atoms with E-state index in [1.165, 1.54) is 32.1 Å². The number of ether oxygens (including phenoxy) is 2. The Morgan fingerprint density at radius 1 is 1.06 bits per heavy atom. The van der Waals surface area contributed by atoms with Crippen LogP contribution in [0.25, 0.3) is 0 Å². The van der Waals surface area contributed by atoms with Crippen molar-refractivity contribution in [1.29, 1.82) is 0 Å². The standard InChI is InChI=1S/C14H29NO2/c1-3-5-10-16-11-12-17-14-9-7-6-8-13(14)15-4-2/h13-15H,3-12H2,1-2H3. The number of unbranched alkanes of at least 4 members (excludes halogenated alkanes) is 1. The smallest absolute Gasteiger partial charge is 0.0729 e. The lowest BCUT2D eigenvalue weighted by Gasteiger charge is -2.32. The molecule has 1 N–H and O–H groups in total. The Morgan fingerprint density at radius 2 is 1.88 bits per heavy atom. The Bertz CT molecular complexity index is 174. The van der Waals surface area contributed by atoms with Crippen molar-refractivity contribution in [2.75, 3.05) is 26.4 Å². The molecule has 0 amide bonds. The van der Waals surface area contributed by atoms with E-state index >= 15 is 0 Å². The lowest BCUT2D eigenvalue weighted by molar-refractivity contribution is -0.0255. The first kappa shape index (κ1) is 14.9. The van der Waals surface area contributed by atoms with Gasteiger partial charge in [0.15, 0.2) is 0 Å². The SMILES string of the molecule is CCCCOCCOC1CCCCC1NCC. The minimum atomic E-state index is 0.401. The van der Waals surface area contributed by atoms with Gasteiger partial charge < -0.3 is 14.8 Å². The zero-order chi connectivity index (χ0) is 12.3. The van der Waals surface area contributed by atoms with Gasteiger partial charge in [-0.2, -0.15) is 0 Å². The van der Waals surface area contributed by atoms with Gasteiger partial charge in [-0.3, -0.25) is 0 Å². The van der Waals surface area contributed by atoms with Crippen LogP contribution in [0.15, 0.2) is 0 Å². The molecule has 3 heteroatoms. The first-order valence-electron chi connectivity index (χ1n) is 7.31. The lowest BCUT2D eigenvalue weighted by atomic mass is 9.92. The van der Waals surface area contributed by atoms with Crippen molar-refractivity contribution in [3.8, 4) is 0 Å². The number of hydrogen-bond donors (Lipinski definition) is 1. The van der Waals surface area contributed by atoms with E-state index in [9.17, 15) is 0 Å². The summed E-state index contributed by atoms with van der Waals surface area (Å²) in [6, 6.07) is 0.560. The van der Waals surface area contributed by atoms with Crippen LogP contribution in [-0.2, 0) is 9.47 Å². The molecule has 0 saturated heterocycles. The second-order valence-electron chi connectivity index (χ2n) is 4.82. The summed E-state index contributed by atoms with van der Waals surface area (Å²) in [6.07, 6.45) is 7.86. The van der Waals surface area contributed by atoms with Crippen LogP contribution in [-0.4, -0.2) is 38.5 Å². The van der Waals surface area contributed by atoms with E-state index in [2.05, 4.69) is 19.2 Å². The van der Waals surface area contributed by atoms with Crippen molar-refractivity contribution < 1.29 is 9.47 Å². The van der Waals surface area contributed by atoms with E-state index < -0.39 is 0 Å². The molecule has 1 aliphatic carbocycles. The van der Waals surface area contributed by atoms with E-state index in [-0.39, 0.29) is 0 Å². The summed E-state index contributed by atoms with van der Waals surface area (Å²) in [6.45, 7) is 7.76. The van der Waals surface area contributed by atoms with Gasteiger partial charge >= 0.3 is 0 Å². The predicted molar refractivity (Wildman–Crippen MR) is 71.4 cm³/mol. The molecule has 2 atom stereocenters. The summed E-state index contributed by atoms with van der Waals surface area (Å²) in [5.74, 6) is 0. The van der Waals surface area contributed by atoms with Gasteiger partial charge in [0, 0.05) is 12.6 Å². The zero-order valence-corrected chi connectivity index (χ0v) is 11.5. The molecule has 0 heterocycles. The van der Waals surface area contributed by atoms with Crippen LogP contribution in [0.3, 0.4) is 0 Å². The second kappa shape index (κ2) is 9.86. The summed E-state index contributed by atoms with van der Waals surface area (Å²) in [5, 5.41) is 3.53. The van der Waals surface area contributed by atoms with Crippen molar-refractivity contribution >= 4 is 0 Å². The molecule has 0 spiro atoms. The predicted octanol–water partition coefficient (Wildman–Crippen LogP) is 2.74. The molecular formula is C14H29NO2. The third-order valence-corrected chi connectivity index (χ3v) is 3.37. The fourth-order valence-corrected chi connectivity index (χ4v) is 2.40. The van der Waals surface area contributed by atoms with Crippen molar-refractivity contribution in [1.82, 2.24) is 5.32 Å². The Balaban J connectivity index is 2.06. The molecule has 1 rings (SSSR count). The van der Waals surface area contributed by atoms with Crippen LogP contribution in [0.2, 0.25) is 0 Å². The van der Waals surface area contributed by atoms with Gasteiger partial charge in [-0.25, -0.2) is 0 Å². The van der Waals surface area contributed by atoms with E-state index in [1.54, 1.807) is 0 Å². The quantitative estimate of drug-likeness (QED) is 0.632. The van der Waals surface area contributed by atoms with Crippen LogP contribution < -0.4 is 5.32 Å². The number of hydrogen-bond acceptors (Lipinski definition) is 3. The van der Waals surface area contributed by atoms with E-state index in [4.69, 9.17) is 9.47 Å².